The third-order valence-electron chi connectivity index (χ3n) is 7.24. The van der Waals surface area contributed by atoms with E-state index in [1.54, 1.807) is 12.1 Å². The van der Waals surface area contributed by atoms with Gasteiger partial charge in [0.25, 0.3) is 0 Å². The minimum absolute atomic E-state index is 0.127. The maximum absolute atomic E-state index is 13.9. The smallest absolute Gasteiger partial charge is 0.206 e. The summed E-state index contributed by atoms with van der Waals surface area (Å²) in [6.07, 6.45) is 1.83. The zero-order valence-electron chi connectivity index (χ0n) is 21.2. The average molecular weight is 594 g/mol. The Labute approximate surface area is 234 Å². The number of nitrogens with zero attached hydrogens (tertiary/aromatic N) is 5. The van der Waals surface area contributed by atoms with Crippen molar-refractivity contribution in [3.05, 3.63) is 92.8 Å². The SMILES string of the molecule is Cc1cc2c(nc(N3CCNCC3)n2Cc2ccc(F)c(Cl)c2)c(-c2ccnn2-c2ccc(Br)cc2)c1C. The van der Waals surface area contributed by atoms with Crippen molar-refractivity contribution < 1.29 is 4.39 Å². The van der Waals surface area contributed by atoms with Crippen LogP contribution in [0.3, 0.4) is 0 Å². The van der Waals surface area contributed by atoms with Gasteiger partial charge in [0.1, 0.15) is 11.3 Å². The summed E-state index contributed by atoms with van der Waals surface area (Å²) in [6.45, 7) is 8.32. The van der Waals surface area contributed by atoms with E-state index >= 15 is 0 Å². The number of rotatable bonds is 5. The van der Waals surface area contributed by atoms with Crippen LogP contribution >= 0.6 is 27.5 Å². The Morgan fingerprint density at radius 2 is 1.79 bits per heavy atom. The first-order valence-corrected chi connectivity index (χ1v) is 13.8. The predicted octanol–water partition coefficient (Wildman–Crippen LogP) is 6.52. The van der Waals surface area contributed by atoms with E-state index in [2.05, 4.69) is 55.7 Å². The standard InChI is InChI=1S/C29H27BrClFN6/c1-18-15-26-28(27(19(18)2)25-9-10-34-38(25)22-6-4-21(30)5-7-22)35-29(36-13-11-33-12-14-36)37(26)17-20-3-8-24(32)23(31)16-20/h3-10,15-16,33H,11-14,17H2,1-2H3. The number of fused-ring (bicyclic) bond motifs is 1. The molecule has 6 rings (SSSR count). The molecule has 0 saturated carbocycles. The van der Waals surface area contributed by atoms with Crippen LogP contribution in [0.25, 0.3) is 28.0 Å². The highest BCUT2D eigenvalue weighted by Gasteiger charge is 2.24. The molecule has 194 valence electrons. The lowest BCUT2D eigenvalue weighted by Crippen LogP contribution is -2.44. The van der Waals surface area contributed by atoms with Crippen LogP contribution in [0, 0.1) is 19.7 Å². The molecule has 0 bridgehead atoms. The molecule has 1 fully saturated rings. The molecule has 38 heavy (non-hydrogen) atoms. The lowest BCUT2D eigenvalue weighted by atomic mass is 9.98. The molecular formula is C29H27BrClFN6. The molecule has 6 nitrogen and oxygen atoms in total. The minimum Gasteiger partial charge on any atom is -0.340 e. The number of halogens is 3. The Morgan fingerprint density at radius 1 is 1.03 bits per heavy atom. The zero-order chi connectivity index (χ0) is 26.4. The van der Waals surface area contributed by atoms with Crippen LogP contribution in [0.15, 0.2) is 65.3 Å². The van der Waals surface area contributed by atoms with E-state index in [9.17, 15) is 4.39 Å². The number of imidazole rings is 1. The molecule has 1 saturated heterocycles. The van der Waals surface area contributed by atoms with Crippen LogP contribution in [0.2, 0.25) is 5.02 Å². The molecule has 0 aliphatic carbocycles. The van der Waals surface area contributed by atoms with E-state index in [0.717, 1.165) is 75.7 Å². The third-order valence-corrected chi connectivity index (χ3v) is 8.06. The fourth-order valence-corrected chi connectivity index (χ4v) is 5.62. The molecule has 0 spiro atoms. The Kier molecular flexibility index (Phi) is 6.72. The maximum Gasteiger partial charge on any atom is 0.206 e. The molecule has 1 aliphatic rings. The molecule has 9 heteroatoms. The highest BCUT2D eigenvalue weighted by molar-refractivity contribution is 9.10. The van der Waals surface area contributed by atoms with Gasteiger partial charge in [-0.1, -0.05) is 33.6 Å². The Balaban J connectivity index is 1.58. The fourth-order valence-electron chi connectivity index (χ4n) is 5.15. The van der Waals surface area contributed by atoms with Crippen LogP contribution in [0.5, 0.6) is 0 Å². The van der Waals surface area contributed by atoms with Crippen LogP contribution in [-0.4, -0.2) is 45.5 Å². The van der Waals surface area contributed by atoms with Crippen molar-refractivity contribution in [2.24, 2.45) is 0 Å². The number of piperazine rings is 1. The summed E-state index contributed by atoms with van der Waals surface area (Å²) in [5, 5.41) is 8.23. The number of nitrogens with one attached hydrogen (secondary N) is 1. The van der Waals surface area contributed by atoms with Gasteiger partial charge in [-0.3, -0.25) is 0 Å². The Bertz CT molecular complexity index is 1640. The molecular weight excluding hydrogens is 567 g/mol. The van der Waals surface area contributed by atoms with Crippen molar-refractivity contribution >= 4 is 44.5 Å². The first kappa shape index (κ1) is 25.1. The second kappa shape index (κ2) is 10.2. The van der Waals surface area contributed by atoms with Crippen molar-refractivity contribution in [3.63, 3.8) is 0 Å². The van der Waals surface area contributed by atoms with Gasteiger partial charge < -0.3 is 14.8 Å². The van der Waals surface area contributed by atoms with Crippen molar-refractivity contribution in [1.29, 1.82) is 0 Å². The third kappa shape index (κ3) is 4.51. The summed E-state index contributed by atoms with van der Waals surface area (Å²) in [4.78, 5) is 7.61. The van der Waals surface area contributed by atoms with Crippen molar-refractivity contribution in [3.8, 4) is 16.9 Å². The summed E-state index contributed by atoms with van der Waals surface area (Å²) < 4.78 is 19.2. The summed E-state index contributed by atoms with van der Waals surface area (Å²) in [5.41, 5.74) is 8.23. The van der Waals surface area contributed by atoms with Crippen LogP contribution in [-0.2, 0) is 6.54 Å². The monoisotopic (exact) mass is 592 g/mol. The maximum atomic E-state index is 13.9. The van der Waals surface area contributed by atoms with Gasteiger partial charge in [0, 0.05) is 36.2 Å². The lowest BCUT2D eigenvalue weighted by molar-refractivity contribution is 0.571. The van der Waals surface area contributed by atoms with Crippen molar-refractivity contribution in [2.75, 3.05) is 31.1 Å². The average Bonchev–Trinajstić information content (AvgIpc) is 3.53. The summed E-state index contributed by atoms with van der Waals surface area (Å²) in [6, 6.07) is 17.3. The van der Waals surface area contributed by atoms with Gasteiger partial charge in [-0.2, -0.15) is 5.10 Å². The molecule has 2 aromatic heterocycles. The molecule has 3 heterocycles. The first-order chi connectivity index (χ1) is 18.4. The first-order valence-electron chi connectivity index (χ1n) is 12.6. The molecule has 0 atom stereocenters. The molecule has 0 unspecified atom stereocenters. The lowest BCUT2D eigenvalue weighted by Gasteiger charge is -2.29. The molecule has 5 aromatic rings. The number of aryl methyl sites for hydroxylation is 1. The normalized spacial score (nSPS) is 14.0. The summed E-state index contributed by atoms with van der Waals surface area (Å²) >= 11 is 9.68. The van der Waals surface area contributed by atoms with Crippen LogP contribution in [0.1, 0.15) is 16.7 Å². The van der Waals surface area contributed by atoms with Gasteiger partial charge in [0.15, 0.2) is 0 Å². The van der Waals surface area contributed by atoms with E-state index < -0.39 is 5.82 Å². The zero-order valence-corrected chi connectivity index (χ0v) is 23.5. The van der Waals surface area contributed by atoms with Gasteiger partial charge in [-0.05, 0) is 79.1 Å². The molecule has 3 aromatic carbocycles. The minimum atomic E-state index is -0.414. The molecule has 1 N–H and O–H groups in total. The van der Waals surface area contributed by atoms with E-state index in [1.807, 2.05) is 41.2 Å². The molecule has 0 radical (unpaired) electrons. The van der Waals surface area contributed by atoms with Gasteiger partial charge >= 0.3 is 0 Å². The Morgan fingerprint density at radius 3 is 2.53 bits per heavy atom. The summed E-state index contributed by atoms with van der Waals surface area (Å²) in [5.74, 6) is 0.492. The van der Waals surface area contributed by atoms with Crippen molar-refractivity contribution in [2.45, 2.75) is 20.4 Å². The fraction of sp³-hybridized carbons (Fsp3) is 0.241. The number of aromatic nitrogens is 4. The van der Waals surface area contributed by atoms with E-state index in [-0.39, 0.29) is 5.02 Å². The highest BCUT2D eigenvalue weighted by atomic mass is 79.9. The van der Waals surface area contributed by atoms with Gasteiger partial charge in [0.2, 0.25) is 5.95 Å². The van der Waals surface area contributed by atoms with E-state index in [0.29, 0.717) is 6.54 Å². The second-order valence-electron chi connectivity index (χ2n) is 9.65. The van der Waals surface area contributed by atoms with Gasteiger partial charge in [-0.25, -0.2) is 14.1 Å². The quantitative estimate of drug-likeness (QED) is 0.252. The molecule has 1 aliphatic heterocycles. The highest BCUT2D eigenvalue weighted by Crippen LogP contribution is 2.37. The van der Waals surface area contributed by atoms with Crippen LogP contribution < -0.4 is 10.2 Å². The number of benzene rings is 3. The Hall–Kier alpha value is -3.20. The number of hydrogen-bond donors (Lipinski definition) is 1. The van der Waals surface area contributed by atoms with E-state index in [1.165, 1.54) is 11.6 Å². The van der Waals surface area contributed by atoms with Crippen molar-refractivity contribution in [1.82, 2.24) is 24.6 Å². The van der Waals surface area contributed by atoms with E-state index in [4.69, 9.17) is 16.6 Å². The number of anilines is 1. The summed E-state index contributed by atoms with van der Waals surface area (Å²) in [7, 11) is 0. The van der Waals surface area contributed by atoms with Gasteiger partial charge in [0.05, 0.1) is 34.7 Å². The topological polar surface area (TPSA) is 50.9 Å². The van der Waals surface area contributed by atoms with Crippen LogP contribution in [0.4, 0.5) is 10.3 Å². The second-order valence-corrected chi connectivity index (χ2v) is 11.0. The predicted molar refractivity (Wildman–Crippen MR) is 155 cm³/mol. The number of hydrogen-bond acceptors (Lipinski definition) is 4. The molecule has 0 amide bonds. The van der Waals surface area contributed by atoms with Gasteiger partial charge in [-0.15, -0.1) is 0 Å². The largest absolute Gasteiger partial charge is 0.340 e.